The van der Waals surface area contributed by atoms with Crippen molar-refractivity contribution in [2.45, 2.75) is 18.7 Å². The molecule has 0 saturated carbocycles. The van der Waals surface area contributed by atoms with Crippen LogP contribution in [0.4, 0.5) is 0 Å². The van der Waals surface area contributed by atoms with E-state index < -0.39 is 0 Å². The van der Waals surface area contributed by atoms with Gasteiger partial charge in [0.25, 0.3) is 0 Å². The average Bonchev–Trinajstić information content (AvgIpc) is 2.42. The zero-order valence-corrected chi connectivity index (χ0v) is 12.3. The van der Waals surface area contributed by atoms with Crippen molar-refractivity contribution in [2.24, 2.45) is 0 Å². The Hall–Kier alpha value is -1.18. The molecule has 0 aliphatic carbocycles. The minimum Gasteiger partial charge on any atom is -0.494 e. The molecule has 1 nitrogen and oxygen atoms in total. The molecule has 100 valence electrons. The second kappa shape index (κ2) is 6.83. The molecule has 19 heavy (non-hydrogen) atoms. The zero-order valence-electron chi connectivity index (χ0n) is 10.8. The molecule has 0 amide bonds. The summed E-state index contributed by atoms with van der Waals surface area (Å²) in [5.41, 5.74) is 2.14. The van der Waals surface area contributed by atoms with Gasteiger partial charge in [-0.2, -0.15) is 0 Å². The number of benzene rings is 2. The fourth-order valence-corrected chi connectivity index (χ4v) is 2.44. The van der Waals surface area contributed by atoms with Crippen LogP contribution in [-0.4, -0.2) is 6.61 Å². The minimum absolute atomic E-state index is 0.0874. The number of halogens is 2. The summed E-state index contributed by atoms with van der Waals surface area (Å²) in [4.78, 5) is 0. The molecule has 2 aromatic carbocycles. The molecular weight excluding hydrogens is 279 g/mol. The Morgan fingerprint density at radius 3 is 2.37 bits per heavy atom. The highest BCUT2D eigenvalue weighted by Crippen LogP contribution is 2.29. The van der Waals surface area contributed by atoms with Gasteiger partial charge in [-0.05, 0) is 42.7 Å². The summed E-state index contributed by atoms with van der Waals surface area (Å²) in [6.07, 6.45) is 0.717. The Bertz CT molecular complexity index is 523. The third-order valence-corrected chi connectivity index (χ3v) is 3.68. The van der Waals surface area contributed by atoms with E-state index in [0.29, 0.717) is 6.61 Å². The molecule has 1 unspecified atom stereocenters. The molecule has 1 atom stereocenters. The summed E-state index contributed by atoms with van der Waals surface area (Å²) in [5.74, 6) is 0.868. The van der Waals surface area contributed by atoms with Crippen LogP contribution in [-0.2, 0) is 6.42 Å². The maximum Gasteiger partial charge on any atom is 0.119 e. The van der Waals surface area contributed by atoms with Crippen LogP contribution in [0.5, 0.6) is 5.75 Å². The molecule has 0 spiro atoms. The van der Waals surface area contributed by atoms with E-state index in [9.17, 15) is 0 Å². The Morgan fingerprint density at radius 1 is 1.05 bits per heavy atom. The van der Waals surface area contributed by atoms with Crippen LogP contribution in [0.15, 0.2) is 48.5 Å². The molecule has 0 fully saturated rings. The summed E-state index contributed by atoms with van der Waals surface area (Å²) in [6.45, 7) is 2.64. The van der Waals surface area contributed by atoms with Crippen molar-refractivity contribution in [3.63, 3.8) is 0 Å². The van der Waals surface area contributed by atoms with Crippen molar-refractivity contribution < 1.29 is 4.74 Å². The fraction of sp³-hybridized carbons (Fsp3) is 0.250. The first-order valence-electron chi connectivity index (χ1n) is 6.31. The highest BCUT2D eigenvalue weighted by molar-refractivity contribution is 6.31. The fourth-order valence-electron chi connectivity index (χ4n) is 1.91. The van der Waals surface area contributed by atoms with Gasteiger partial charge in [0.05, 0.1) is 12.0 Å². The molecule has 0 radical (unpaired) electrons. The maximum atomic E-state index is 6.44. The first-order chi connectivity index (χ1) is 9.20. The lowest BCUT2D eigenvalue weighted by atomic mass is 10.0. The van der Waals surface area contributed by atoms with Crippen molar-refractivity contribution in [1.29, 1.82) is 0 Å². The number of rotatable bonds is 5. The van der Waals surface area contributed by atoms with Gasteiger partial charge >= 0.3 is 0 Å². The Kier molecular flexibility index (Phi) is 5.12. The summed E-state index contributed by atoms with van der Waals surface area (Å²) >= 11 is 12.6. The van der Waals surface area contributed by atoms with Crippen molar-refractivity contribution in [3.05, 3.63) is 64.7 Å². The number of alkyl halides is 1. The third kappa shape index (κ3) is 3.89. The third-order valence-electron chi connectivity index (χ3n) is 2.91. The molecule has 3 heteroatoms. The number of hydrogen-bond donors (Lipinski definition) is 0. The van der Waals surface area contributed by atoms with Crippen LogP contribution in [0.3, 0.4) is 0 Å². The van der Waals surface area contributed by atoms with Crippen molar-refractivity contribution in [1.82, 2.24) is 0 Å². The summed E-state index contributed by atoms with van der Waals surface area (Å²) in [7, 11) is 0. The average molecular weight is 295 g/mol. The van der Waals surface area contributed by atoms with E-state index in [4.69, 9.17) is 27.9 Å². The van der Waals surface area contributed by atoms with Gasteiger partial charge in [-0.1, -0.05) is 41.9 Å². The van der Waals surface area contributed by atoms with Crippen molar-refractivity contribution in [2.75, 3.05) is 6.61 Å². The maximum absolute atomic E-state index is 6.44. The Labute approximate surface area is 124 Å². The summed E-state index contributed by atoms with van der Waals surface area (Å²) in [6, 6.07) is 15.7. The smallest absolute Gasteiger partial charge is 0.119 e. The van der Waals surface area contributed by atoms with E-state index in [2.05, 4.69) is 0 Å². The second-order valence-corrected chi connectivity index (χ2v) is 5.20. The van der Waals surface area contributed by atoms with Gasteiger partial charge in [-0.3, -0.25) is 0 Å². The molecule has 0 saturated heterocycles. The Balaban J connectivity index is 2.07. The molecule has 2 rings (SSSR count). The van der Waals surface area contributed by atoms with Crippen molar-refractivity contribution >= 4 is 23.2 Å². The van der Waals surface area contributed by atoms with Gasteiger partial charge in [0.1, 0.15) is 5.75 Å². The minimum atomic E-state index is -0.0874. The molecule has 0 heterocycles. The number of hydrogen-bond acceptors (Lipinski definition) is 1. The monoisotopic (exact) mass is 294 g/mol. The second-order valence-electron chi connectivity index (χ2n) is 4.27. The molecule has 0 aliphatic rings. The van der Waals surface area contributed by atoms with Gasteiger partial charge in [0.15, 0.2) is 0 Å². The largest absolute Gasteiger partial charge is 0.494 e. The first kappa shape index (κ1) is 14.2. The summed E-state index contributed by atoms with van der Waals surface area (Å²) in [5, 5.41) is 0.676. The molecule has 0 bridgehead atoms. The lowest BCUT2D eigenvalue weighted by Crippen LogP contribution is -1.97. The normalized spacial score (nSPS) is 12.2. The van der Waals surface area contributed by atoms with Crippen LogP contribution >= 0.6 is 23.2 Å². The number of ether oxygens (including phenoxy) is 1. The topological polar surface area (TPSA) is 9.23 Å². The van der Waals surface area contributed by atoms with E-state index in [1.165, 1.54) is 0 Å². The van der Waals surface area contributed by atoms with E-state index in [1.54, 1.807) is 0 Å². The Morgan fingerprint density at radius 2 is 1.74 bits per heavy atom. The van der Waals surface area contributed by atoms with Crippen LogP contribution in [0.2, 0.25) is 5.02 Å². The van der Waals surface area contributed by atoms with Gasteiger partial charge in [-0.25, -0.2) is 0 Å². The SMILES string of the molecule is CCOc1ccc(C(Cl)Cc2ccccc2Cl)cc1. The van der Waals surface area contributed by atoms with Crippen molar-refractivity contribution in [3.8, 4) is 5.75 Å². The molecular formula is C16H16Cl2O. The predicted octanol–water partition coefficient (Wildman–Crippen LogP) is 5.26. The highest BCUT2D eigenvalue weighted by Gasteiger charge is 2.11. The zero-order chi connectivity index (χ0) is 13.7. The molecule has 0 aliphatic heterocycles. The lowest BCUT2D eigenvalue weighted by molar-refractivity contribution is 0.340. The standard InChI is InChI=1S/C16H16Cl2O/c1-2-19-14-9-7-12(8-10-14)16(18)11-13-5-3-4-6-15(13)17/h3-10,16H,2,11H2,1H3. The quantitative estimate of drug-likeness (QED) is 0.683. The van der Waals surface area contributed by atoms with Crippen LogP contribution in [0.25, 0.3) is 0 Å². The van der Waals surface area contributed by atoms with E-state index in [0.717, 1.165) is 28.3 Å². The molecule has 0 N–H and O–H groups in total. The summed E-state index contributed by atoms with van der Waals surface area (Å²) < 4.78 is 5.41. The predicted molar refractivity (Wildman–Crippen MR) is 81.4 cm³/mol. The van der Waals surface area contributed by atoms with E-state index in [-0.39, 0.29) is 5.38 Å². The molecule has 0 aromatic heterocycles. The van der Waals surface area contributed by atoms with Crippen LogP contribution < -0.4 is 4.74 Å². The molecule has 2 aromatic rings. The van der Waals surface area contributed by atoms with Crippen LogP contribution in [0, 0.1) is 0 Å². The lowest BCUT2D eigenvalue weighted by Gasteiger charge is -2.12. The van der Waals surface area contributed by atoms with E-state index >= 15 is 0 Å². The van der Waals surface area contributed by atoms with Gasteiger partial charge in [-0.15, -0.1) is 11.6 Å². The van der Waals surface area contributed by atoms with Gasteiger partial charge in [0, 0.05) is 5.02 Å². The van der Waals surface area contributed by atoms with E-state index in [1.807, 2.05) is 55.5 Å². The van der Waals surface area contributed by atoms with Gasteiger partial charge in [0.2, 0.25) is 0 Å². The first-order valence-corrected chi connectivity index (χ1v) is 7.12. The van der Waals surface area contributed by atoms with Gasteiger partial charge < -0.3 is 4.74 Å². The van der Waals surface area contributed by atoms with Crippen LogP contribution in [0.1, 0.15) is 23.4 Å². The highest BCUT2D eigenvalue weighted by atomic mass is 35.5.